The number of fused-ring (bicyclic) bond motifs is 1. The molecular formula is C10H18N2OS. The van der Waals surface area contributed by atoms with Gasteiger partial charge in [0.15, 0.2) is 0 Å². The molecule has 1 amide bonds. The Bertz CT molecular complexity index is 222. The number of carbonyl (C=O) groups is 1. The monoisotopic (exact) mass is 214 g/mol. The van der Waals surface area contributed by atoms with Gasteiger partial charge in [0.1, 0.15) is 0 Å². The quantitative estimate of drug-likeness (QED) is 0.662. The van der Waals surface area contributed by atoms with E-state index < -0.39 is 0 Å². The van der Waals surface area contributed by atoms with E-state index in [1.807, 2.05) is 0 Å². The Kier molecular flexibility index (Phi) is 3.34. The zero-order chi connectivity index (χ0) is 9.97. The van der Waals surface area contributed by atoms with E-state index >= 15 is 0 Å². The first kappa shape index (κ1) is 10.3. The number of carbonyl (C=O) groups excluding carboxylic acids is 1. The number of rotatable bonds is 2. The lowest BCUT2D eigenvalue weighted by Gasteiger charge is -2.32. The number of hydrogen-bond acceptors (Lipinski definition) is 3. The van der Waals surface area contributed by atoms with Gasteiger partial charge in [-0.3, -0.25) is 9.69 Å². The SMILES string of the molecule is O=C(CS)NC1CCN2CCCCC12. The van der Waals surface area contributed by atoms with Gasteiger partial charge in [0.25, 0.3) is 0 Å². The molecule has 4 heteroatoms. The molecule has 0 spiro atoms. The third kappa shape index (κ3) is 2.06. The van der Waals surface area contributed by atoms with E-state index in [-0.39, 0.29) is 5.91 Å². The first-order chi connectivity index (χ1) is 6.81. The molecule has 2 aliphatic heterocycles. The number of amides is 1. The molecule has 3 nitrogen and oxygen atoms in total. The molecule has 2 aliphatic rings. The molecule has 14 heavy (non-hydrogen) atoms. The number of hydrogen-bond donors (Lipinski definition) is 2. The largest absolute Gasteiger partial charge is 0.351 e. The van der Waals surface area contributed by atoms with E-state index in [1.54, 1.807) is 0 Å². The zero-order valence-corrected chi connectivity index (χ0v) is 9.30. The topological polar surface area (TPSA) is 32.3 Å². The summed E-state index contributed by atoms with van der Waals surface area (Å²) in [5.41, 5.74) is 0. The highest BCUT2D eigenvalue weighted by atomic mass is 32.1. The van der Waals surface area contributed by atoms with Gasteiger partial charge in [0, 0.05) is 18.6 Å². The van der Waals surface area contributed by atoms with E-state index in [4.69, 9.17) is 0 Å². The van der Waals surface area contributed by atoms with Crippen LogP contribution in [-0.2, 0) is 4.79 Å². The van der Waals surface area contributed by atoms with E-state index in [9.17, 15) is 4.79 Å². The van der Waals surface area contributed by atoms with Crippen LogP contribution in [0.5, 0.6) is 0 Å². The fraction of sp³-hybridized carbons (Fsp3) is 0.900. The molecule has 0 aromatic rings. The zero-order valence-electron chi connectivity index (χ0n) is 8.41. The Morgan fingerprint density at radius 1 is 1.36 bits per heavy atom. The molecular weight excluding hydrogens is 196 g/mol. The summed E-state index contributed by atoms with van der Waals surface area (Å²) >= 11 is 3.98. The van der Waals surface area contributed by atoms with Gasteiger partial charge in [-0.05, 0) is 25.8 Å². The molecule has 1 N–H and O–H groups in total. The molecule has 0 aromatic carbocycles. The fourth-order valence-corrected chi connectivity index (χ4v) is 2.76. The van der Waals surface area contributed by atoms with E-state index in [0.29, 0.717) is 17.8 Å². The minimum atomic E-state index is 0.0748. The molecule has 0 aromatic heterocycles. The van der Waals surface area contributed by atoms with Crippen molar-refractivity contribution in [3.8, 4) is 0 Å². The molecule has 0 aliphatic carbocycles. The second-order valence-corrected chi connectivity index (χ2v) is 4.54. The van der Waals surface area contributed by atoms with Gasteiger partial charge >= 0.3 is 0 Å². The predicted molar refractivity (Wildman–Crippen MR) is 59.6 cm³/mol. The van der Waals surface area contributed by atoms with Gasteiger partial charge in [-0.25, -0.2) is 0 Å². The Hall–Kier alpha value is -0.220. The molecule has 2 fully saturated rings. The summed E-state index contributed by atoms with van der Waals surface area (Å²) in [7, 11) is 0. The van der Waals surface area contributed by atoms with Crippen LogP contribution in [0.3, 0.4) is 0 Å². The second-order valence-electron chi connectivity index (χ2n) is 4.22. The van der Waals surface area contributed by atoms with Crippen LogP contribution in [0.15, 0.2) is 0 Å². The van der Waals surface area contributed by atoms with Crippen LogP contribution in [0.25, 0.3) is 0 Å². The van der Waals surface area contributed by atoms with E-state index in [1.165, 1.54) is 25.8 Å². The Labute approximate surface area is 90.6 Å². The molecule has 2 atom stereocenters. The lowest BCUT2D eigenvalue weighted by Crippen LogP contribution is -2.47. The van der Waals surface area contributed by atoms with Crippen molar-refractivity contribution in [2.45, 2.75) is 37.8 Å². The van der Waals surface area contributed by atoms with Crippen LogP contribution < -0.4 is 5.32 Å². The normalized spacial score (nSPS) is 32.6. The highest BCUT2D eigenvalue weighted by molar-refractivity contribution is 7.81. The Balaban J connectivity index is 1.90. The smallest absolute Gasteiger partial charge is 0.229 e. The molecule has 0 radical (unpaired) electrons. The molecule has 2 unspecified atom stereocenters. The summed E-state index contributed by atoms with van der Waals surface area (Å²) in [5, 5.41) is 3.07. The number of nitrogens with one attached hydrogen (secondary N) is 1. The minimum absolute atomic E-state index is 0.0748. The van der Waals surface area contributed by atoms with Gasteiger partial charge in [-0.1, -0.05) is 6.42 Å². The maximum Gasteiger partial charge on any atom is 0.229 e. The van der Waals surface area contributed by atoms with Crippen molar-refractivity contribution < 1.29 is 4.79 Å². The van der Waals surface area contributed by atoms with E-state index in [0.717, 1.165) is 13.0 Å². The first-order valence-corrected chi connectivity index (χ1v) is 6.09. The molecule has 2 saturated heterocycles. The van der Waals surface area contributed by atoms with Crippen LogP contribution in [0.2, 0.25) is 0 Å². The van der Waals surface area contributed by atoms with Crippen molar-refractivity contribution in [3.63, 3.8) is 0 Å². The summed E-state index contributed by atoms with van der Waals surface area (Å²) in [6.07, 6.45) is 5.00. The Morgan fingerprint density at radius 2 is 2.21 bits per heavy atom. The van der Waals surface area contributed by atoms with Crippen LogP contribution in [-0.4, -0.2) is 41.7 Å². The summed E-state index contributed by atoms with van der Waals surface area (Å²) in [4.78, 5) is 13.8. The number of piperidine rings is 1. The lowest BCUT2D eigenvalue weighted by molar-refractivity contribution is -0.119. The Morgan fingerprint density at radius 3 is 3.00 bits per heavy atom. The molecule has 0 bridgehead atoms. The van der Waals surface area contributed by atoms with Crippen LogP contribution >= 0.6 is 12.6 Å². The van der Waals surface area contributed by atoms with Crippen molar-refractivity contribution in [2.75, 3.05) is 18.8 Å². The van der Waals surface area contributed by atoms with Crippen LogP contribution in [0.4, 0.5) is 0 Å². The third-order valence-corrected chi connectivity index (χ3v) is 3.63. The minimum Gasteiger partial charge on any atom is -0.351 e. The van der Waals surface area contributed by atoms with Gasteiger partial charge in [-0.2, -0.15) is 12.6 Å². The maximum atomic E-state index is 11.2. The summed E-state index contributed by atoms with van der Waals surface area (Å²) in [6.45, 7) is 2.38. The fourth-order valence-electron chi connectivity index (χ4n) is 2.67. The van der Waals surface area contributed by atoms with Crippen molar-refractivity contribution >= 4 is 18.5 Å². The summed E-state index contributed by atoms with van der Waals surface area (Å²) < 4.78 is 0. The summed E-state index contributed by atoms with van der Waals surface area (Å²) in [5.74, 6) is 0.384. The molecule has 0 saturated carbocycles. The lowest BCUT2D eigenvalue weighted by atomic mass is 9.99. The van der Waals surface area contributed by atoms with Gasteiger partial charge in [0.05, 0.1) is 5.75 Å². The first-order valence-electron chi connectivity index (χ1n) is 5.45. The summed E-state index contributed by atoms with van der Waals surface area (Å²) in [6, 6.07) is 0.988. The van der Waals surface area contributed by atoms with Crippen molar-refractivity contribution in [1.82, 2.24) is 10.2 Å². The third-order valence-electron chi connectivity index (χ3n) is 3.35. The standard InChI is InChI=1S/C10H18N2OS/c13-10(7-14)11-8-4-6-12-5-2-1-3-9(8)12/h8-9,14H,1-7H2,(H,11,13). The number of nitrogens with zero attached hydrogens (tertiary/aromatic N) is 1. The van der Waals surface area contributed by atoms with Crippen molar-refractivity contribution in [2.24, 2.45) is 0 Å². The van der Waals surface area contributed by atoms with Crippen molar-refractivity contribution in [3.05, 3.63) is 0 Å². The van der Waals surface area contributed by atoms with Gasteiger partial charge in [0.2, 0.25) is 5.91 Å². The van der Waals surface area contributed by atoms with Crippen LogP contribution in [0, 0.1) is 0 Å². The predicted octanol–water partition coefficient (Wildman–Crippen LogP) is 0.659. The van der Waals surface area contributed by atoms with Crippen LogP contribution in [0.1, 0.15) is 25.7 Å². The number of thiol groups is 1. The van der Waals surface area contributed by atoms with E-state index in [2.05, 4.69) is 22.8 Å². The average molecular weight is 214 g/mol. The van der Waals surface area contributed by atoms with Crippen molar-refractivity contribution in [1.29, 1.82) is 0 Å². The highest BCUT2D eigenvalue weighted by Gasteiger charge is 2.35. The maximum absolute atomic E-state index is 11.2. The molecule has 80 valence electrons. The van der Waals surface area contributed by atoms with Gasteiger partial charge < -0.3 is 5.32 Å². The second kappa shape index (κ2) is 4.53. The average Bonchev–Trinajstić information content (AvgIpc) is 2.62. The molecule has 2 heterocycles. The van der Waals surface area contributed by atoms with Gasteiger partial charge in [-0.15, -0.1) is 0 Å². The highest BCUT2D eigenvalue weighted by Crippen LogP contribution is 2.26. The molecule has 2 rings (SSSR count).